The molecule has 0 fully saturated rings. The van der Waals surface area contributed by atoms with E-state index in [1.807, 2.05) is 36.4 Å². The summed E-state index contributed by atoms with van der Waals surface area (Å²) in [7, 11) is 0. The fourth-order valence-corrected chi connectivity index (χ4v) is 2.63. The van der Waals surface area contributed by atoms with Crippen molar-refractivity contribution in [3.63, 3.8) is 0 Å². The predicted molar refractivity (Wildman–Crippen MR) is 77.8 cm³/mol. The summed E-state index contributed by atoms with van der Waals surface area (Å²) in [5, 5.41) is 8.29. The van der Waals surface area contributed by atoms with E-state index >= 15 is 0 Å². The summed E-state index contributed by atoms with van der Waals surface area (Å²) in [5.74, 6) is 0.00173. The van der Waals surface area contributed by atoms with Crippen LogP contribution in [0.5, 0.6) is 0 Å². The lowest BCUT2D eigenvalue weighted by atomic mass is 10.1. The molecule has 3 aromatic rings. The first-order valence-electron chi connectivity index (χ1n) is 6.38. The number of carbonyl (C=O) groups excluding carboxylic acids is 1. The summed E-state index contributed by atoms with van der Waals surface area (Å²) < 4.78 is 1.80. The molecule has 1 aliphatic heterocycles. The maximum absolute atomic E-state index is 11.4. The lowest BCUT2D eigenvalue weighted by Gasteiger charge is -2.10. The Morgan fingerprint density at radius 2 is 2.10 bits per heavy atom. The molecule has 3 N–H and O–H groups in total. The minimum atomic E-state index is 0.00173. The smallest absolute Gasteiger partial charge is 0.228 e. The van der Waals surface area contributed by atoms with Crippen molar-refractivity contribution >= 4 is 28.2 Å². The second-order valence-corrected chi connectivity index (χ2v) is 4.91. The quantitative estimate of drug-likeness (QED) is 0.661. The summed E-state index contributed by atoms with van der Waals surface area (Å²) in [6, 6.07) is 11.7. The van der Waals surface area contributed by atoms with Crippen LogP contribution in [0.2, 0.25) is 0 Å². The molecule has 2 aromatic carbocycles. The molecule has 4 rings (SSSR count). The predicted octanol–water partition coefficient (Wildman–Crippen LogP) is 2.10. The molecule has 0 radical (unpaired) electrons. The molecule has 0 unspecified atom stereocenters. The van der Waals surface area contributed by atoms with Crippen molar-refractivity contribution in [1.82, 2.24) is 9.78 Å². The van der Waals surface area contributed by atoms with Gasteiger partial charge in [0.15, 0.2) is 0 Å². The van der Waals surface area contributed by atoms with E-state index in [1.54, 1.807) is 10.9 Å². The van der Waals surface area contributed by atoms with E-state index in [-0.39, 0.29) is 5.91 Å². The lowest BCUT2D eigenvalue weighted by Crippen LogP contribution is -2.04. The van der Waals surface area contributed by atoms with Gasteiger partial charge in [0.05, 0.1) is 29.5 Å². The van der Waals surface area contributed by atoms with Gasteiger partial charge in [0.25, 0.3) is 0 Å². The molecule has 0 aliphatic carbocycles. The summed E-state index contributed by atoms with van der Waals surface area (Å²) in [6.45, 7) is 0. The number of carbonyl (C=O) groups is 1. The zero-order valence-corrected chi connectivity index (χ0v) is 10.6. The van der Waals surface area contributed by atoms with E-state index in [0.717, 1.165) is 27.8 Å². The number of amides is 1. The van der Waals surface area contributed by atoms with Crippen LogP contribution in [0.25, 0.3) is 16.6 Å². The van der Waals surface area contributed by atoms with Gasteiger partial charge in [-0.05, 0) is 23.8 Å². The number of nitrogens with zero attached hydrogens (tertiary/aromatic N) is 2. The third-order valence-electron chi connectivity index (χ3n) is 3.58. The summed E-state index contributed by atoms with van der Waals surface area (Å²) in [4.78, 5) is 11.4. The van der Waals surface area contributed by atoms with Gasteiger partial charge in [-0.15, -0.1) is 0 Å². The molecule has 1 aliphatic rings. The Bertz CT molecular complexity index is 850. The lowest BCUT2D eigenvalue weighted by molar-refractivity contribution is -0.115. The largest absolute Gasteiger partial charge is 0.397 e. The minimum absolute atomic E-state index is 0.00173. The summed E-state index contributed by atoms with van der Waals surface area (Å²) >= 11 is 0. The van der Waals surface area contributed by atoms with Crippen molar-refractivity contribution in [1.29, 1.82) is 0 Å². The first-order valence-corrected chi connectivity index (χ1v) is 6.38. The SMILES string of the molecule is Nc1cc2c(cc1-n1ncc3ccccc31)NC(=O)C2. The van der Waals surface area contributed by atoms with Gasteiger partial charge in [-0.2, -0.15) is 5.10 Å². The minimum Gasteiger partial charge on any atom is -0.397 e. The number of para-hydroxylation sites is 1. The molecule has 5 heteroatoms. The molecule has 2 heterocycles. The van der Waals surface area contributed by atoms with E-state index in [1.165, 1.54) is 0 Å². The Morgan fingerprint density at radius 3 is 3.00 bits per heavy atom. The molecule has 0 saturated heterocycles. The van der Waals surface area contributed by atoms with E-state index in [9.17, 15) is 4.79 Å². The van der Waals surface area contributed by atoms with E-state index in [2.05, 4.69) is 10.4 Å². The van der Waals surface area contributed by atoms with Crippen molar-refractivity contribution in [2.45, 2.75) is 6.42 Å². The van der Waals surface area contributed by atoms with Crippen LogP contribution < -0.4 is 11.1 Å². The van der Waals surface area contributed by atoms with Crippen LogP contribution in [0.15, 0.2) is 42.6 Å². The van der Waals surface area contributed by atoms with Crippen LogP contribution in [-0.2, 0) is 11.2 Å². The molecule has 0 bridgehead atoms. The Kier molecular flexibility index (Phi) is 2.12. The standard InChI is InChI=1S/C15H12N4O/c16-11-5-10-6-15(20)18-12(10)7-14(11)19-13-4-2-1-3-9(13)8-17-19/h1-5,7-8H,6,16H2,(H,18,20). The number of fused-ring (bicyclic) bond motifs is 2. The van der Waals surface area contributed by atoms with Gasteiger partial charge in [-0.1, -0.05) is 18.2 Å². The van der Waals surface area contributed by atoms with E-state index < -0.39 is 0 Å². The van der Waals surface area contributed by atoms with Crippen LogP contribution in [0.1, 0.15) is 5.56 Å². The summed E-state index contributed by atoms with van der Waals surface area (Å²) in [5.41, 5.74) is 10.3. The topological polar surface area (TPSA) is 72.9 Å². The van der Waals surface area contributed by atoms with Gasteiger partial charge in [0.2, 0.25) is 5.91 Å². The first kappa shape index (κ1) is 11.0. The van der Waals surface area contributed by atoms with Crippen LogP contribution in [0.3, 0.4) is 0 Å². The molecule has 1 amide bonds. The van der Waals surface area contributed by atoms with Crippen molar-refractivity contribution in [3.05, 3.63) is 48.2 Å². The molecule has 5 nitrogen and oxygen atoms in total. The van der Waals surface area contributed by atoms with Gasteiger partial charge >= 0.3 is 0 Å². The summed E-state index contributed by atoms with van der Waals surface area (Å²) in [6.07, 6.45) is 2.19. The molecular formula is C15H12N4O. The zero-order chi connectivity index (χ0) is 13.7. The van der Waals surface area contributed by atoms with Crippen LogP contribution >= 0.6 is 0 Å². The first-order chi connectivity index (χ1) is 9.72. The van der Waals surface area contributed by atoms with E-state index in [4.69, 9.17) is 5.73 Å². The van der Waals surface area contributed by atoms with Crippen LogP contribution in [0.4, 0.5) is 11.4 Å². The number of benzene rings is 2. The van der Waals surface area contributed by atoms with Gasteiger partial charge in [-0.25, -0.2) is 4.68 Å². The highest BCUT2D eigenvalue weighted by atomic mass is 16.1. The highest BCUT2D eigenvalue weighted by molar-refractivity contribution is 6.00. The number of nitrogens with one attached hydrogen (secondary N) is 1. The number of anilines is 2. The molecule has 0 saturated carbocycles. The molecular weight excluding hydrogens is 252 g/mol. The monoisotopic (exact) mass is 264 g/mol. The average Bonchev–Trinajstić information content (AvgIpc) is 3.00. The number of aromatic nitrogens is 2. The third-order valence-corrected chi connectivity index (χ3v) is 3.58. The Labute approximate surface area is 115 Å². The number of nitrogens with two attached hydrogens (primary N) is 1. The van der Waals surface area contributed by atoms with E-state index in [0.29, 0.717) is 12.1 Å². The third kappa shape index (κ3) is 1.50. The average molecular weight is 264 g/mol. The Balaban J connectivity index is 1.95. The van der Waals surface area contributed by atoms with Gasteiger partial charge < -0.3 is 11.1 Å². The highest BCUT2D eigenvalue weighted by Gasteiger charge is 2.20. The number of hydrogen-bond acceptors (Lipinski definition) is 3. The highest BCUT2D eigenvalue weighted by Crippen LogP contribution is 2.31. The van der Waals surface area contributed by atoms with Gasteiger partial charge in [-0.3, -0.25) is 4.79 Å². The van der Waals surface area contributed by atoms with Gasteiger partial charge in [0.1, 0.15) is 0 Å². The van der Waals surface area contributed by atoms with Crippen molar-refractivity contribution in [3.8, 4) is 5.69 Å². The molecule has 20 heavy (non-hydrogen) atoms. The number of rotatable bonds is 1. The number of nitrogen functional groups attached to an aromatic ring is 1. The van der Waals surface area contributed by atoms with Crippen LogP contribution in [-0.4, -0.2) is 15.7 Å². The normalized spacial score (nSPS) is 13.5. The zero-order valence-electron chi connectivity index (χ0n) is 10.6. The Morgan fingerprint density at radius 1 is 1.25 bits per heavy atom. The van der Waals surface area contributed by atoms with Crippen LogP contribution in [0, 0.1) is 0 Å². The second kappa shape index (κ2) is 3.84. The molecule has 0 atom stereocenters. The van der Waals surface area contributed by atoms with Crippen molar-refractivity contribution in [2.24, 2.45) is 0 Å². The fraction of sp³-hybridized carbons (Fsp3) is 0.0667. The maximum Gasteiger partial charge on any atom is 0.228 e. The van der Waals surface area contributed by atoms with Crippen molar-refractivity contribution in [2.75, 3.05) is 11.1 Å². The fourth-order valence-electron chi connectivity index (χ4n) is 2.63. The van der Waals surface area contributed by atoms with Gasteiger partial charge in [0, 0.05) is 11.1 Å². The molecule has 1 aromatic heterocycles. The molecule has 98 valence electrons. The van der Waals surface area contributed by atoms with Crippen molar-refractivity contribution < 1.29 is 4.79 Å². The molecule has 0 spiro atoms. The Hall–Kier alpha value is -2.82. The maximum atomic E-state index is 11.4. The second-order valence-electron chi connectivity index (χ2n) is 4.91. The number of hydrogen-bond donors (Lipinski definition) is 2.